The molecule has 1 aromatic rings. The number of rotatable bonds is 2. The molecule has 3 nitrogen and oxygen atoms in total. The molecular formula is C15H19FN2O. The molecule has 19 heavy (non-hydrogen) atoms. The number of allylic oxidation sites excluding steroid dienone is 1. The third-order valence-corrected chi connectivity index (χ3v) is 3.32. The van der Waals surface area contributed by atoms with Crippen LogP contribution >= 0.6 is 0 Å². The van der Waals surface area contributed by atoms with Crippen LogP contribution in [0.5, 0.6) is 0 Å². The molecule has 0 bridgehead atoms. The number of halogens is 1. The van der Waals surface area contributed by atoms with E-state index < -0.39 is 0 Å². The Hall–Kier alpha value is -1.68. The first-order valence-electron chi connectivity index (χ1n) is 6.53. The van der Waals surface area contributed by atoms with Gasteiger partial charge in [-0.1, -0.05) is 12.1 Å². The molecule has 0 radical (unpaired) electrons. The maximum atomic E-state index is 12.8. The molecule has 1 aromatic carbocycles. The summed E-state index contributed by atoms with van der Waals surface area (Å²) in [5.74, 6) is -0.242. The predicted octanol–water partition coefficient (Wildman–Crippen LogP) is 2.05. The van der Waals surface area contributed by atoms with Crippen LogP contribution in [0.15, 0.2) is 30.3 Å². The van der Waals surface area contributed by atoms with Crippen LogP contribution in [0, 0.1) is 5.82 Å². The maximum absolute atomic E-state index is 12.8. The van der Waals surface area contributed by atoms with E-state index in [0.29, 0.717) is 6.04 Å². The summed E-state index contributed by atoms with van der Waals surface area (Å²) in [5, 5.41) is 3.30. The number of carbonyl (C=O) groups is 1. The molecule has 1 aliphatic rings. The highest BCUT2D eigenvalue weighted by molar-refractivity contribution is 5.94. The fraction of sp³-hybridized carbons (Fsp3) is 0.400. The van der Waals surface area contributed by atoms with Crippen molar-refractivity contribution in [2.45, 2.75) is 19.9 Å². The predicted molar refractivity (Wildman–Crippen MR) is 74.1 cm³/mol. The Morgan fingerprint density at radius 3 is 2.74 bits per heavy atom. The minimum atomic E-state index is -0.265. The average molecular weight is 262 g/mol. The molecule has 0 spiro atoms. The van der Waals surface area contributed by atoms with Crippen molar-refractivity contribution in [2.75, 3.05) is 19.6 Å². The van der Waals surface area contributed by atoms with Crippen LogP contribution in [0.1, 0.15) is 19.4 Å². The first kappa shape index (κ1) is 13.7. The van der Waals surface area contributed by atoms with Crippen LogP contribution in [-0.4, -0.2) is 36.5 Å². The molecule has 1 saturated heterocycles. The minimum Gasteiger partial charge on any atom is -0.336 e. The van der Waals surface area contributed by atoms with Crippen molar-refractivity contribution in [2.24, 2.45) is 0 Å². The normalized spacial score (nSPS) is 20.5. The molecule has 2 rings (SSSR count). The Kier molecular flexibility index (Phi) is 4.32. The summed E-state index contributed by atoms with van der Waals surface area (Å²) >= 11 is 0. The molecule has 1 heterocycles. The second-order valence-corrected chi connectivity index (χ2v) is 4.97. The third kappa shape index (κ3) is 3.64. The molecule has 1 aliphatic heterocycles. The van der Waals surface area contributed by atoms with Gasteiger partial charge in [-0.2, -0.15) is 0 Å². The fourth-order valence-electron chi connectivity index (χ4n) is 2.21. The SMILES string of the molecule is C/C(=C/C(=O)N1CCNC(C)C1)c1ccc(F)cc1. The van der Waals surface area contributed by atoms with E-state index in [1.807, 2.05) is 11.8 Å². The van der Waals surface area contributed by atoms with Gasteiger partial charge in [0.2, 0.25) is 5.91 Å². The van der Waals surface area contributed by atoms with E-state index in [2.05, 4.69) is 12.2 Å². The molecule has 0 aromatic heterocycles. The van der Waals surface area contributed by atoms with E-state index in [1.54, 1.807) is 18.2 Å². The Labute approximate surface area is 113 Å². The van der Waals surface area contributed by atoms with E-state index in [4.69, 9.17) is 0 Å². The van der Waals surface area contributed by atoms with E-state index >= 15 is 0 Å². The van der Waals surface area contributed by atoms with Crippen molar-refractivity contribution in [1.82, 2.24) is 10.2 Å². The van der Waals surface area contributed by atoms with Gasteiger partial charge in [0.15, 0.2) is 0 Å². The molecular weight excluding hydrogens is 243 g/mol. The lowest BCUT2D eigenvalue weighted by Crippen LogP contribution is -2.50. The zero-order valence-electron chi connectivity index (χ0n) is 11.3. The smallest absolute Gasteiger partial charge is 0.246 e. The van der Waals surface area contributed by atoms with Crippen molar-refractivity contribution in [3.05, 3.63) is 41.7 Å². The van der Waals surface area contributed by atoms with Crippen LogP contribution in [0.25, 0.3) is 5.57 Å². The maximum Gasteiger partial charge on any atom is 0.246 e. The lowest BCUT2D eigenvalue weighted by molar-refractivity contribution is -0.127. The van der Waals surface area contributed by atoms with Crippen molar-refractivity contribution in [3.63, 3.8) is 0 Å². The molecule has 1 amide bonds. The Bertz CT molecular complexity index is 481. The van der Waals surface area contributed by atoms with Crippen molar-refractivity contribution in [3.8, 4) is 0 Å². The van der Waals surface area contributed by atoms with Gasteiger partial charge >= 0.3 is 0 Å². The molecule has 102 valence electrons. The number of nitrogens with zero attached hydrogens (tertiary/aromatic N) is 1. The van der Waals surface area contributed by atoms with Gasteiger partial charge in [-0.15, -0.1) is 0 Å². The second kappa shape index (κ2) is 5.97. The largest absolute Gasteiger partial charge is 0.336 e. The highest BCUT2D eigenvalue weighted by Gasteiger charge is 2.18. The highest BCUT2D eigenvalue weighted by Crippen LogP contribution is 2.15. The summed E-state index contributed by atoms with van der Waals surface area (Å²) < 4.78 is 12.8. The minimum absolute atomic E-state index is 0.0233. The van der Waals surface area contributed by atoms with E-state index in [-0.39, 0.29) is 11.7 Å². The number of benzene rings is 1. The quantitative estimate of drug-likeness (QED) is 0.827. The first-order chi connectivity index (χ1) is 9.06. The van der Waals surface area contributed by atoms with Gasteiger partial charge in [-0.05, 0) is 37.1 Å². The van der Waals surface area contributed by atoms with Crippen molar-refractivity contribution < 1.29 is 9.18 Å². The fourth-order valence-corrected chi connectivity index (χ4v) is 2.21. The van der Waals surface area contributed by atoms with Gasteiger partial charge < -0.3 is 10.2 Å². The van der Waals surface area contributed by atoms with E-state index in [1.165, 1.54) is 12.1 Å². The molecule has 0 saturated carbocycles. The van der Waals surface area contributed by atoms with E-state index in [9.17, 15) is 9.18 Å². The standard InChI is InChI=1S/C15H19FN2O/c1-11(13-3-5-14(16)6-4-13)9-15(19)18-8-7-17-12(2)10-18/h3-6,9,12,17H,7-8,10H2,1-2H3/b11-9-. The molecule has 1 N–H and O–H groups in total. The number of hydrogen-bond donors (Lipinski definition) is 1. The van der Waals surface area contributed by atoms with Gasteiger partial charge in [0.1, 0.15) is 5.82 Å². The molecule has 0 aliphatic carbocycles. The Morgan fingerprint density at radius 2 is 2.11 bits per heavy atom. The summed E-state index contributed by atoms with van der Waals surface area (Å²) in [7, 11) is 0. The summed E-state index contributed by atoms with van der Waals surface area (Å²) in [5.41, 5.74) is 1.73. The molecule has 1 fully saturated rings. The number of piperazine rings is 1. The summed E-state index contributed by atoms with van der Waals surface area (Å²) in [4.78, 5) is 14.0. The Morgan fingerprint density at radius 1 is 1.42 bits per heavy atom. The number of hydrogen-bond acceptors (Lipinski definition) is 2. The van der Waals surface area contributed by atoms with Gasteiger partial charge in [-0.25, -0.2) is 4.39 Å². The molecule has 1 atom stereocenters. The first-order valence-corrected chi connectivity index (χ1v) is 6.53. The van der Waals surface area contributed by atoms with E-state index in [0.717, 1.165) is 30.8 Å². The molecule has 4 heteroatoms. The van der Waals surface area contributed by atoms with Gasteiger partial charge in [0, 0.05) is 31.8 Å². The lowest BCUT2D eigenvalue weighted by atomic mass is 10.1. The number of amides is 1. The lowest BCUT2D eigenvalue weighted by Gasteiger charge is -2.31. The van der Waals surface area contributed by atoms with Crippen LogP contribution in [-0.2, 0) is 4.79 Å². The average Bonchev–Trinajstić information content (AvgIpc) is 2.39. The highest BCUT2D eigenvalue weighted by atomic mass is 19.1. The van der Waals surface area contributed by atoms with Crippen LogP contribution < -0.4 is 5.32 Å². The summed E-state index contributed by atoms with van der Waals surface area (Å²) in [6.45, 7) is 6.23. The van der Waals surface area contributed by atoms with Crippen molar-refractivity contribution in [1.29, 1.82) is 0 Å². The van der Waals surface area contributed by atoms with Crippen LogP contribution in [0.4, 0.5) is 4.39 Å². The van der Waals surface area contributed by atoms with Crippen molar-refractivity contribution >= 4 is 11.5 Å². The monoisotopic (exact) mass is 262 g/mol. The second-order valence-electron chi connectivity index (χ2n) is 4.97. The zero-order chi connectivity index (χ0) is 13.8. The van der Waals surface area contributed by atoms with Crippen LogP contribution in [0.3, 0.4) is 0 Å². The molecule has 1 unspecified atom stereocenters. The van der Waals surface area contributed by atoms with Gasteiger partial charge in [-0.3, -0.25) is 4.79 Å². The zero-order valence-corrected chi connectivity index (χ0v) is 11.3. The van der Waals surface area contributed by atoms with Gasteiger partial charge in [0.25, 0.3) is 0 Å². The summed E-state index contributed by atoms with van der Waals surface area (Å²) in [6, 6.07) is 6.52. The third-order valence-electron chi connectivity index (χ3n) is 3.32. The number of carbonyl (C=O) groups excluding carboxylic acids is 1. The Balaban J connectivity index is 2.07. The topological polar surface area (TPSA) is 32.3 Å². The van der Waals surface area contributed by atoms with Crippen LogP contribution in [0.2, 0.25) is 0 Å². The summed E-state index contributed by atoms with van der Waals surface area (Å²) in [6.07, 6.45) is 1.63. The number of nitrogens with one attached hydrogen (secondary N) is 1. The van der Waals surface area contributed by atoms with Gasteiger partial charge in [0.05, 0.1) is 0 Å².